The summed E-state index contributed by atoms with van der Waals surface area (Å²) in [6.07, 6.45) is 3.97. The molecule has 1 aliphatic carbocycles. The molecular weight excluding hydrogens is 304 g/mol. The SMILES string of the molecule is C=C(C)[C@@H]1CCC(C)=C[C@H]1c1c(O)cc(O)cc1C(C)(C)C(=O)O. The molecule has 24 heavy (non-hydrogen) atoms. The third-order valence-electron chi connectivity index (χ3n) is 5.06. The molecule has 130 valence electrons. The minimum atomic E-state index is -1.23. The van der Waals surface area contributed by atoms with Crippen molar-refractivity contribution in [1.29, 1.82) is 0 Å². The fourth-order valence-corrected chi connectivity index (χ4v) is 3.51. The number of carboxylic acids is 1. The Kier molecular flexibility index (Phi) is 4.79. The third-order valence-corrected chi connectivity index (χ3v) is 5.06. The molecule has 0 aliphatic heterocycles. The van der Waals surface area contributed by atoms with Gasteiger partial charge in [0.25, 0.3) is 0 Å². The Bertz CT molecular complexity index is 713. The summed E-state index contributed by atoms with van der Waals surface area (Å²) < 4.78 is 0. The van der Waals surface area contributed by atoms with Crippen LogP contribution in [0.2, 0.25) is 0 Å². The second-order valence-corrected chi connectivity index (χ2v) is 7.39. The lowest BCUT2D eigenvalue weighted by atomic mass is 9.69. The molecule has 0 fully saturated rings. The summed E-state index contributed by atoms with van der Waals surface area (Å²) in [6, 6.07) is 2.74. The summed E-state index contributed by atoms with van der Waals surface area (Å²) >= 11 is 0. The molecule has 4 heteroatoms. The standard InChI is InChI=1S/C20H26O4/c1-11(2)14-7-6-12(3)8-15(14)18-16(20(4,5)19(23)24)9-13(21)10-17(18)22/h8-10,14-15,21-22H,1,6-7H2,2-5H3,(H,23,24)/t14-,15+/m0/s1. The summed E-state index contributed by atoms with van der Waals surface area (Å²) in [5.41, 5.74) is 2.01. The van der Waals surface area contributed by atoms with Gasteiger partial charge in [0.15, 0.2) is 0 Å². The van der Waals surface area contributed by atoms with E-state index in [1.807, 2.05) is 13.8 Å². The Morgan fingerprint density at radius 1 is 1.29 bits per heavy atom. The van der Waals surface area contributed by atoms with Gasteiger partial charge in [-0.25, -0.2) is 0 Å². The Morgan fingerprint density at radius 2 is 1.92 bits per heavy atom. The molecule has 0 amide bonds. The van der Waals surface area contributed by atoms with Crippen LogP contribution in [0, 0.1) is 5.92 Å². The van der Waals surface area contributed by atoms with Crippen molar-refractivity contribution in [3.63, 3.8) is 0 Å². The van der Waals surface area contributed by atoms with Gasteiger partial charge in [0.1, 0.15) is 11.5 Å². The van der Waals surface area contributed by atoms with Crippen molar-refractivity contribution in [2.75, 3.05) is 0 Å². The smallest absolute Gasteiger partial charge is 0.313 e. The van der Waals surface area contributed by atoms with Gasteiger partial charge in [0.2, 0.25) is 0 Å². The van der Waals surface area contributed by atoms with Gasteiger partial charge in [-0.1, -0.05) is 23.8 Å². The zero-order chi connectivity index (χ0) is 18.2. The Morgan fingerprint density at radius 3 is 2.46 bits per heavy atom. The molecule has 0 saturated carbocycles. The first-order chi connectivity index (χ1) is 11.1. The van der Waals surface area contributed by atoms with Crippen molar-refractivity contribution in [3.8, 4) is 11.5 Å². The van der Waals surface area contributed by atoms with E-state index in [2.05, 4.69) is 12.7 Å². The number of allylic oxidation sites excluding steroid dienone is 3. The summed E-state index contributed by atoms with van der Waals surface area (Å²) in [4.78, 5) is 11.8. The van der Waals surface area contributed by atoms with Crippen LogP contribution in [-0.2, 0) is 10.2 Å². The minimum absolute atomic E-state index is 0.0680. The molecule has 2 rings (SSSR count). The molecule has 0 spiro atoms. The van der Waals surface area contributed by atoms with Crippen LogP contribution in [0.25, 0.3) is 0 Å². The van der Waals surface area contributed by atoms with Crippen LogP contribution < -0.4 is 0 Å². The van der Waals surface area contributed by atoms with Gasteiger partial charge in [0.05, 0.1) is 5.41 Å². The second kappa shape index (κ2) is 6.34. The van der Waals surface area contributed by atoms with Gasteiger partial charge in [-0.3, -0.25) is 4.79 Å². The number of aromatic hydroxyl groups is 2. The first kappa shape index (κ1) is 18.1. The van der Waals surface area contributed by atoms with Gasteiger partial charge in [0, 0.05) is 17.5 Å². The number of phenolic OH excluding ortho intramolecular Hbond substituents is 2. The fraction of sp³-hybridized carbons (Fsp3) is 0.450. The van der Waals surface area contributed by atoms with E-state index in [0.29, 0.717) is 11.1 Å². The quantitative estimate of drug-likeness (QED) is 0.712. The number of hydrogen-bond acceptors (Lipinski definition) is 3. The lowest BCUT2D eigenvalue weighted by Gasteiger charge is -2.34. The summed E-state index contributed by atoms with van der Waals surface area (Å²) in [6.45, 7) is 11.3. The Balaban J connectivity index is 2.75. The number of hydrogen-bond donors (Lipinski definition) is 3. The van der Waals surface area contributed by atoms with E-state index in [-0.39, 0.29) is 23.3 Å². The van der Waals surface area contributed by atoms with Crippen LogP contribution in [0.1, 0.15) is 57.6 Å². The fourth-order valence-electron chi connectivity index (χ4n) is 3.51. The molecule has 3 N–H and O–H groups in total. The van der Waals surface area contributed by atoms with Crippen LogP contribution in [-0.4, -0.2) is 21.3 Å². The van der Waals surface area contributed by atoms with E-state index in [4.69, 9.17) is 0 Å². The van der Waals surface area contributed by atoms with Crippen molar-refractivity contribution in [2.24, 2.45) is 5.92 Å². The average molecular weight is 330 g/mol. The maximum atomic E-state index is 11.8. The maximum Gasteiger partial charge on any atom is 0.313 e. The van der Waals surface area contributed by atoms with E-state index in [0.717, 1.165) is 18.4 Å². The molecule has 2 atom stereocenters. The minimum Gasteiger partial charge on any atom is -0.508 e. The first-order valence-electron chi connectivity index (χ1n) is 8.18. The van der Waals surface area contributed by atoms with Crippen molar-refractivity contribution in [1.82, 2.24) is 0 Å². The molecule has 4 nitrogen and oxygen atoms in total. The lowest BCUT2D eigenvalue weighted by molar-refractivity contribution is -0.142. The predicted octanol–water partition coefficient (Wildman–Crippen LogP) is 4.48. The molecule has 0 saturated heterocycles. The monoisotopic (exact) mass is 330 g/mol. The lowest BCUT2D eigenvalue weighted by Crippen LogP contribution is -2.31. The summed E-state index contributed by atoms with van der Waals surface area (Å²) in [5.74, 6) is -1.22. The predicted molar refractivity (Wildman–Crippen MR) is 94.5 cm³/mol. The van der Waals surface area contributed by atoms with E-state index in [9.17, 15) is 20.1 Å². The van der Waals surface area contributed by atoms with Gasteiger partial charge in [-0.05, 0) is 58.1 Å². The van der Waals surface area contributed by atoms with E-state index >= 15 is 0 Å². The molecular formula is C20H26O4. The van der Waals surface area contributed by atoms with Crippen molar-refractivity contribution < 1.29 is 20.1 Å². The first-order valence-corrected chi connectivity index (χ1v) is 8.18. The molecule has 1 aliphatic rings. The van der Waals surface area contributed by atoms with Gasteiger partial charge >= 0.3 is 5.97 Å². The normalized spacial score (nSPS) is 21.2. The van der Waals surface area contributed by atoms with Crippen LogP contribution in [0.3, 0.4) is 0 Å². The highest BCUT2D eigenvalue weighted by atomic mass is 16.4. The number of benzene rings is 1. The number of carbonyl (C=O) groups is 1. The van der Waals surface area contributed by atoms with Gasteiger partial charge in [-0.2, -0.15) is 0 Å². The highest BCUT2D eigenvalue weighted by molar-refractivity contribution is 5.81. The van der Waals surface area contributed by atoms with Gasteiger partial charge < -0.3 is 15.3 Å². The van der Waals surface area contributed by atoms with E-state index < -0.39 is 11.4 Å². The Hall–Kier alpha value is -2.23. The largest absolute Gasteiger partial charge is 0.508 e. The molecule has 0 unspecified atom stereocenters. The zero-order valence-electron chi connectivity index (χ0n) is 14.8. The van der Waals surface area contributed by atoms with Gasteiger partial charge in [-0.15, -0.1) is 0 Å². The maximum absolute atomic E-state index is 11.8. The average Bonchev–Trinajstić information content (AvgIpc) is 2.45. The topological polar surface area (TPSA) is 77.8 Å². The van der Waals surface area contributed by atoms with Crippen LogP contribution in [0.15, 0.2) is 35.9 Å². The molecule has 0 bridgehead atoms. The van der Waals surface area contributed by atoms with E-state index in [1.54, 1.807) is 13.8 Å². The van der Waals surface area contributed by atoms with Crippen LogP contribution in [0.5, 0.6) is 11.5 Å². The molecule has 1 aromatic rings. The second-order valence-electron chi connectivity index (χ2n) is 7.39. The Labute approximate surface area is 143 Å². The zero-order valence-corrected chi connectivity index (χ0v) is 14.8. The van der Waals surface area contributed by atoms with Crippen LogP contribution >= 0.6 is 0 Å². The number of phenols is 2. The molecule has 0 aromatic heterocycles. The van der Waals surface area contributed by atoms with Crippen molar-refractivity contribution in [2.45, 2.75) is 51.9 Å². The number of rotatable bonds is 4. The van der Waals surface area contributed by atoms with Crippen molar-refractivity contribution in [3.05, 3.63) is 47.1 Å². The highest BCUT2D eigenvalue weighted by Gasteiger charge is 2.38. The summed E-state index contributed by atoms with van der Waals surface area (Å²) in [7, 11) is 0. The molecule has 0 heterocycles. The van der Waals surface area contributed by atoms with E-state index in [1.165, 1.54) is 17.7 Å². The number of carboxylic acid groups (broad SMARTS) is 1. The van der Waals surface area contributed by atoms with Crippen molar-refractivity contribution >= 4 is 5.97 Å². The molecule has 0 radical (unpaired) electrons. The summed E-state index contributed by atoms with van der Waals surface area (Å²) in [5, 5.41) is 30.1. The number of aliphatic carboxylic acids is 1. The van der Waals surface area contributed by atoms with Crippen LogP contribution in [0.4, 0.5) is 0 Å². The third kappa shape index (κ3) is 3.18. The molecule has 1 aromatic carbocycles. The highest BCUT2D eigenvalue weighted by Crippen LogP contribution is 2.47.